The maximum atomic E-state index is 12.8. The number of hydrogen-bond acceptors (Lipinski definition) is 5. The molecule has 0 spiro atoms. The van der Waals surface area contributed by atoms with Crippen molar-refractivity contribution in [3.05, 3.63) is 34.9 Å². The molecule has 2 fully saturated rings. The highest BCUT2D eigenvalue weighted by Gasteiger charge is 2.39. The van der Waals surface area contributed by atoms with Gasteiger partial charge in [-0.3, -0.25) is 19.7 Å². The lowest BCUT2D eigenvalue weighted by molar-refractivity contribution is -0.136. The Hall–Kier alpha value is -2.25. The van der Waals surface area contributed by atoms with Crippen molar-refractivity contribution in [2.75, 3.05) is 19.6 Å². The molecule has 138 valence electrons. The van der Waals surface area contributed by atoms with Crippen molar-refractivity contribution in [1.29, 1.82) is 0 Å². The number of imide groups is 1. The molecule has 2 atom stereocenters. The summed E-state index contributed by atoms with van der Waals surface area (Å²) in [5.41, 5.74) is 2.70. The van der Waals surface area contributed by atoms with E-state index in [0.717, 1.165) is 37.3 Å². The molecule has 7 nitrogen and oxygen atoms in total. The largest absolute Gasteiger partial charge is 0.322 e. The minimum atomic E-state index is -0.552. The van der Waals surface area contributed by atoms with E-state index in [0.29, 0.717) is 24.4 Å². The van der Waals surface area contributed by atoms with Crippen LogP contribution < -0.4 is 16.0 Å². The van der Waals surface area contributed by atoms with Gasteiger partial charge in [0.1, 0.15) is 6.04 Å². The Morgan fingerprint density at radius 3 is 2.85 bits per heavy atom. The summed E-state index contributed by atoms with van der Waals surface area (Å²) >= 11 is 0. The van der Waals surface area contributed by atoms with Gasteiger partial charge in [-0.25, -0.2) is 0 Å². The van der Waals surface area contributed by atoms with Crippen LogP contribution in [0.2, 0.25) is 0 Å². The molecule has 3 amide bonds. The Morgan fingerprint density at radius 1 is 1.19 bits per heavy atom. The van der Waals surface area contributed by atoms with E-state index in [1.807, 2.05) is 18.2 Å². The van der Waals surface area contributed by atoms with Crippen molar-refractivity contribution < 1.29 is 14.4 Å². The lowest BCUT2D eigenvalue weighted by Gasteiger charge is -2.29. The molecule has 1 aromatic rings. The van der Waals surface area contributed by atoms with E-state index in [2.05, 4.69) is 16.0 Å². The second kappa shape index (κ2) is 7.17. The SMILES string of the molecule is O=C1CCC(N2Cc3ccc(CNCC4CCNC4)cc3C2=O)C(=O)N1. The Balaban J connectivity index is 1.40. The zero-order valence-corrected chi connectivity index (χ0v) is 14.7. The molecular formula is C19H24N4O3. The quantitative estimate of drug-likeness (QED) is 0.653. The van der Waals surface area contributed by atoms with Crippen molar-refractivity contribution >= 4 is 17.7 Å². The lowest BCUT2D eigenvalue weighted by Crippen LogP contribution is -2.52. The maximum Gasteiger partial charge on any atom is 0.255 e. The zero-order valence-electron chi connectivity index (χ0n) is 14.7. The van der Waals surface area contributed by atoms with Crippen LogP contribution in [0.5, 0.6) is 0 Å². The van der Waals surface area contributed by atoms with Crippen LogP contribution in [0.15, 0.2) is 18.2 Å². The molecule has 0 aromatic heterocycles. The number of nitrogens with one attached hydrogen (secondary N) is 3. The molecule has 26 heavy (non-hydrogen) atoms. The van der Waals surface area contributed by atoms with Gasteiger partial charge in [-0.1, -0.05) is 12.1 Å². The minimum absolute atomic E-state index is 0.114. The van der Waals surface area contributed by atoms with Crippen molar-refractivity contribution in [3.8, 4) is 0 Å². The van der Waals surface area contributed by atoms with E-state index in [4.69, 9.17) is 0 Å². The van der Waals surface area contributed by atoms with Crippen molar-refractivity contribution in [2.24, 2.45) is 5.92 Å². The average molecular weight is 356 g/mol. The molecule has 0 radical (unpaired) electrons. The van der Waals surface area contributed by atoms with E-state index in [9.17, 15) is 14.4 Å². The van der Waals surface area contributed by atoms with Crippen LogP contribution in [-0.2, 0) is 22.7 Å². The molecule has 3 aliphatic heterocycles. The number of fused-ring (bicyclic) bond motifs is 1. The molecule has 3 aliphatic rings. The highest BCUT2D eigenvalue weighted by Crippen LogP contribution is 2.28. The third kappa shape index (κ3) is 3.37. The zero-order chi connectivity index (χ0) is 18.1. The molecule has 3 N–H and O–H groups in total. The molecule has 0 bridgehead atoms. The fourth-order valence-corrected chi connectivity index (χ4v) is 4.02. The first kappa shape index (κ1) is 17.2. The van der Waals surface area contributed by atoms with E-state index in [1.165, 1.54) is 6.42 Å². The Kier molecular flexibility index (Phi) is 4.74. The predicted molar refractivity (Wildman–Crippen MR) is 95.2 cm³/mol. The number of benzene rings is 1. The third-order valence-corrected chi connectivity index (χ3v) is 5.52. The van der Waals surface area contributed by atoms with Crippen LogP contribution in [-0.4, -0.2) is 48.3 Å². The van der Waals surface area contributed by atoms with Crippen LogP contribution in [0.3, 0.4) is 0 Å². The Labute approximate surface area is 152 Å². The Morgan fingerprint density at radius 2 is 2.08 bits per heavy atom. The van der Waals surface area contributed by atoms with Crippen molar-refractivity contribution in [3.63, 3.8) is 0 Å². The third-order valence-electron chi connectivity index (χ3n) is 5.52. The first-order valence-corrected chi connectivity index (χ1v) is 9.29. The van der Waals surface area contributed by atoms with Gasteiger partial charge in [-0.2, -0.15) is 0 Å². The van der Waals surface area contributed by atoms with Gasteiger partial charge >= 0.3 is 0 Å². The fraction of sp³-hybridized carbons (Fsp3) is 0.526. The van der Waals surface area contributed by atoms with Gasteiger partial charge in [0.2, 0.25) is 11.8 Å². The summed E-state index contributed by atoms with van der Waals surface area (Å²) in [6.07, 6.45) is 1.88. The number of nitrogens with zero attached hydrogens (tertiary/aromatic N) is 1. The highest BCUT2D eigenvalue weighted by molar-refractivity contribution is 6.05. The second-order valence-electron chi connectivity index (χ2n) is 7.38. The normalized spacial score (nSPS) is 25.5. The van der Waals surface area contributed by atoms with Gasteiger partial charge in [-0.05, 0) is 55.6 Å². The molecule has 7 heteroatoms. The minimum Gasteiger partial charge on any atom is -0.322 e. The predicted octanol–water partition coefficient (Wildman–Crippen LogP) is 0.147. The Bertz CT molecular complexity index is 742. The summed E-state index contributed by atoms with van der Waals surface area (Å²) in [5.74, 6) is -0.0684. The molecule has 2 saturated heterocycles. The van der Waals surface area contributed by atoms with Crippen LogP contribution in [0.4, 0.5) is 0 Å². The molecule has 1 aromatic carbocycles. The molecule has 4 rings (SSSR count). The topological polar surface area (TPSA) is 90.5 Å². The van der Waals surface area contributed by atoms with Gasteiger partial charge in [0.05, 0.1) is 0 Å². The van der Waals surface area contributed by atoms with Crippen LogP contribution in [0, 0.1) is 5.92 Å². The summed E-state index contributed by atoms with van der Waals surface area (Å²) in [6.45, 7) is 4.30. The van der Waals surface area contributed by atoms with Gasteiger partial charge in [0.15, 0.2) is 0 Å². The number of hydrogen-bond donors (Lipinski definition) is 3. The molecule has 0 aliphatic carbocycles. The number of piperidine rings is 1. The number of amides is 3. The fourth-order valence-electron chi connectivity index (χ4n) is 4.02. The van der Waals surface area contributed by atoms with E-state index < -0.39 is 6.04 Å². The first-order valence-electron chi connectivity index (χ1n) is 9.29. The van der Waals surface area contributed by atoms with Crippen molar-refractivity contribution in [2.45, 2.75) is 38.4 Å². The second-order valence-corrected chi connectivity index (χ2v) is 7.38. The summed E-state index contributed by atoms with van der Waals surface area (Å²) < 4.78 is 0. The summed E-state index contributed by atoms with van der Waals surface area (Å²) in [5, 5.41) is 9.16. The van der Waals surface area contributed by atoms with E-state index in [-0.39, 0.29) is 24.1 Å². The van der Waals surface area contributed by atoms with Crippen LogP contribution in [0.1, 0.15) is 40.7 Å². The number of carbonyl (C=O) groups is 3. The van der Waals surface area contributed by atoms with Crippen LogP contribution in [0.25, 0.3) is 0 Å². The number of carbonyl (C=O) groups excluding carboxylic acids is 3. The van der Waals surface area contributed by atoms with E-state index >= 15 is 0 Å². The maximum absolute atomic E-state index is 12.8. The first-order chi connectivity index (χ1) is 12.6. The van der Waals surface area contributed by atoms with Crippen molar-refractivity contribution in [1.82, 2.24) is 20.9 Å². The summed E-state index contributed by atoms with van der Waals surface area (Å²) in [6, 6.07) is 5.40. The lowest BCUT2D eigenvalue weighted by atomic mass is 10.0. The van der Waals surface area contributed by atoms with Gasteiger partial charge < -0.3 is 15.5 Å². The molecular weight excluding hydrogens is 332 g/mol. The summed E-state index contributed by atoms with van der Waals surface area (Å²) in [7, 11) is 0. The molecule has 2 unspecified atom stereocenters. The van der Waals surface area contributed by atoms with Gasteiger partial charge in [-0.15, -0.1) is 0 Å². The van der Waals surface area contributed by atoms with Gasteiger partial charge in [0.25, 0.3) is 5.91 Å². The molecule has 0 saturated carbocycles. The smallest absolute Gasteiger partial charge is 0.255 e. The average Bonchev–Trinajstić information content (AvgIpc) is 3.24. The van der Waals surface area contributed by atoms with Crippen LogP contribution >= 0.6 is 0 Å². The number of rotatable bonds is 5. The summed E-state index contributed by atoms with van der Waals surface area (Å²) in [4.78, 5) is 37.8. The van der Waals surface area contributed by atoms with E-state index in [1.54, 1.807) is 4.90 Å². The highest BCUT2D eigenvalue weighted by atomic mass is 16.2. The monoisotopic (exact) mass is 356 g/mol. The molecule has 3 heterocycles. The van der Waals surface area contributed by atoms with Gasteiger partial charge in [0, 0.05) is 25.1 Å². The standard InChI is InChI=1S/C19H24N4O3/c24-17-4-3-16(18(25)22-17)23-11-14-2-1-12(7-15(14)19(23)26)8-21-10-13-5-6-20-9-13/h1-2,7,13,16,20-21H,3-6,8-11H2,(H,22,24,25).